The van der Waals surface area contributed by atoms with Crippen LogP contribution in [-0.2, 0) is 20.9 Å². The van der Waals surface area contributed by atoms with Crippen molar-refractivity contribution >= 4 is 30.4 Å². The Hall–Kier alpha value is -1.95. The third kappa shape index (κ3) is 3.25. The largest absolute Gasteiger partial charge is 0.465 e. The number of imide groups is 1. The van der Waals surface area contributed by atoms with Crippen LogP contribution < -0.4 is 0 Å². The van der Waals surface area contributed by atoms with Crippen LogP contribution in [0.5, 0.6) is 0 Å². The Labute approximate surface area is 102 Å². The normalized spacial score (nSPS) is 9.53. The van der Waals surface area contributed by atoms with Gasteiger partial charge in [0.15, 0.2) is 0 Å². The highest BCUT2D eigenvalue weighted by Gasteiger charge is 2.13. The Morgan fingerprint density at radius 1 is 1.47 bits per heavy atom. The fourth-order valence-electron chi connectivity index (χ4n) is 1.11. The smallest absolute Gasteiger partial charge is 0.341 e. The van der Waals surface area contributed by atoms with Crippen LogP contribution in [0.1, 0.15) is 16.1 Å². The highest BCUT2D eigenvalue weighted by atomic mass is 35.5. The van der Waals surface area contributed by atoms with E-state index in [9.17, 15) is 14.4 Å². The molecule has 1 aromatic heterocycles. The van der Waals surface area contributed by atoms with Gasteiger partial charge in [0.2, 0.25) is 12.8 Å². The number of carbonyl (C=O) groups is 3. The van der Waals surface area contributed by atoms with Crippen molar-refractivity contribution in [1.29, 1.82) is 0 Å². The lowest BCUT2D eigenvalue weighted by Crippen LogP contribution is -2.20. The zero-order valence-corrected chi connectivity index (χ0v) is 9.68. The number of nitrogens with zero attached hydrogens (tertiary/aromatic N) is 2. The first-order valence-electron chi connectivity index (χ1n) is 4.52. The van der Waals surface area contributed by atoms with E-state index in [4.69, 9.17) is 11.6 Å². The van der Waals surface area contributed by atoms with Crippen molar-refractivity contribution in [3.05, 3.63) is 28.5 Å². The van der Waals surface area contributed by atoms with Crippen molar-refractivity contribution < 1.29 is 19.1 Å². The maximum atomic E-state index is 11.2. The van der Waals surface area contributed by atoms with E-state index in [1.54, 1.807) is 0 Å². The van der Waals surface area contributed by atoms with E-state index in [0.717, 1.165) is 4.90 Å². The molecule has 0 atom stereocenters. The zero-order chi connectivity index (χ0) is 12.8. The summed E-state index contributed by atoms with van der Waals surface area (Å²) in [4.78, 5) is 36.8. The van der Waals surface area contributed by atoms with E-state index in [1.807, 2.05) is 0 Å². The first-order chi connectivity index (χ1) is 8.12. The number of carbonyl (C=O) groups excluding carboxylic acids is 3. The highest BCUT2D eigenvalue weighted by Crippen LogP contribution is 2.15. The van der Waals surface area contributed by atoms with Gasteiger partial charge in [-0.1, -0.05) is 11.6 Å². The fraction of sp³-hybridized carbons (Fsp3) is 0.200. The van der Waals surface area contributed by atoms with Crippen LogP contribution in [0, 0.1) is 0 Å². The van der Waals surface area contributed by atoms with Crippen LogP contribution >= 0.6 is 11.6 Å². The van der Waals surface area contributed by atoms with Crippen LogP contribution in [0.2, 0.25) is 5.15 Å². The van der Waals surface area contributed by atoms with Gasteiger partial charge in [0.25, 0.3) is 0 Å². The van der Waals surface area contributed by atoms with Gasteiger partial charge in [0, 0.05) is 0 Å². The van der Waals surface area contributed by atoms with Gasteiger partial charge in [0.05, 0.1) is 24.9 Å². The number of rotatable bonds is 5. The monoisotopic (exact) mass is 256 g/mol. The van der Waals surface area contributed by atoms with Crippen molar-refractivity contribution in [2.75, 3.05) is 7.11 Å². The Balaban J connectivity index is 2.92. The minimum atomic E-state index is -0.600. The first-order valence-corrected chi connectivity index (χ1v) is 4.90. The molecule has 17 heavy (non-hydrogen) atoms. The molecule has 0 spiro atoms. The molecule has 0 saturated heterocycles. The SMILES string of the molecule is COC(=O)c1ccc(CN(C=O)C=O)nc1Cl. The van der Waals surface area contributed by atoms with Crippen LogP contribution in [0.4, 0.5) is 0 Å². The van der Waals surface area contributed by atoms with Crippen molar-refractivity contribution in [1.82, 2.24) is 9.88 Å². The Kier molecular flexibility index (Phi) is 4.59. The first kappa shape index (κ1) is 13.1. The second-order valence-corrected chi connectivity index (χ2v) is 3.37. The Morgan fingerprint density at radius 3 is 2.59 bits per heavy atom. The molecule has 0 saturated carbocycles. The van der Waals surface area contributed by atoms with Crippen molar-refractivity contribution in [3.8, 4) is 0 Å². The van der Waals surface area contributed by atoms with Gasteiger partial charge < -0.3 is 4.74 Å². The van der Waals surface area contributed by atoms with E-state index in [1.165, 1.54) is 19.2 Å². The number of hydrogen-bond acceptors (Lipinski definition) is 5. The highest BCUT2D eigenvalue weighted by molar-refractivity contribution is 6.32. The molecule has 0 aromatic carbocycles. The van der Waals surface area contributed by atoms with Gasteiger partial charge in [-0.2, -0.15) is 0 Å². The minimum Gasteiger partial charge on any atom is -0.465 e. The molecule has 90 valence electrons. The lowest BCUT2D eigenvalue weighted by atomic mass is 10.2. The molecule has 1 heterocycles. The summed E-state index contributed by atoms with van der Waals surface area (Å²) >= 11 is 5.77. The summed E-state index contributed by atoms with van der Waals surface area (Å²) in [6.45, 7) is -0.00578. The number of aromatic nitrogens is 1. The van der Waals surface area contributed by atoms with Crippen molar-refractivity contribution in [2.45, 2.75) is 6.54 Å². The van der Waals surface area contributed by atoms with Crippen LogP contribution in [-0.4, -0.2) is 35.8 Å². The topological polar surface area (TPSA) is 76.6 Å². The predicted molar refractivity (Wildman–Crippen MR) is 58.3 cm³/mol. The fourth-order valence-corrected chi connectivity index (χ4v) is 1.36. The predicted octanol–water partition coefficient (Wildman–Crippen LogP) is 0.636. The van der Waals surface area contributed by atoms with Gasteiger partial charge in [-0.15, -0.1) is 0 Å². The third-order valence-corrected chi connectivity index (χ3v) is 2.22. The molecule has 2 amide bonds. The number of pyridine rings is 1. The molecule has 0 aliphatic rings. The van der Waals surface area contributed by atoms with Crippen LogP contribution in [0.25, 0.3) is 0 Å². The maximum Gasteiger partial charge on any atom is 0.341 e. The molecule has 7 heteroatoms. The van der Waals surface area contributed by atoms with Crippen LogP contribution in [0.3, 0.4) is 0 Å². The molecular weight excluding hydrogens is 248 g/mol. The van der Waals surface area contributed by atoms with Gasteiger partial charge in [-0.05, 0) is 12.1 Å². The average Bonchev–Trinajstić information content (AvgIpc) is 2.35. The lowest BCUT2D eigenvalue weighted by molar-refractivity contribution is -0.129. The standard InChI is InChI=1S/C10H9ClN2O4/c1-17-10(16)8-3-2-7(12-9(8)11)4-13(5-14)6-15/h2-3,5-6H,4H2,1H3. The number of ether oxygens (including phenoxy) is 1. The summed E-state index contributed by atoms with van der Waals surface area (Å²) in [5.74, 6) is -0.600. The lowest BCUT2D eigenvalue weighted by Gasteiger charge is -2.09. The maximum absolute atomic E-state index is 11.2. The molecule has 1 rings (SSSR count). The molecule has 0 bridgehead atoms. The zero-order valence-electron chi connectivity index (χ0n) is 8.92. The van der Waals surface area contributed by atoms with Crippen molar-refractivity contribution in [3.63, 3.8) is 0 Å². The van der Waals surface area contributed by atoms with E-state index in [0.29, 0.717) is 18.5 Å². The van der Waals surface area contributed by atoms with E-state index in [2.05, 4.69) is 9.72 Å². The average molecular weight is 257 g/mol. The summed E-state index contributed by atoms with van der Waals surface area (Å²) < 4.78 is 4.49. The number of halogens is 1. The second-order valence-electron chi connectivity index (χ2n) is 3.02. The third-order valence-electron chi connectivity index (χ3n) is 1.93. The number of amides is 2. The summed E-state index contributed by atoms with van der Waals surface area (Å²) in [7, 11) is 1.23. The minimum absolute atomic E-state index is 0.00578. The second kappa shape index (κ2) is 5.95. The Morgan fingerprint density at radius 2 is 2.12 bits per heavy atom. The summed E-state index contributed by atoms with van der Waals surface area (Å²) in [5.41, 5.74) is 0.517. The van der Waals surface area contributed by atoms with Crippen LogP contribution in [0.15, 0.2) is 12.1 Å². The Bertz CT molecular complexity index is 442. The van der Waals surface area contributed by atoms with E-state index >= 15 is 0 Å². The van der Waals surface area contributed by atoms with Gasteiger partial charge in [0.1, 0.15) is 5.15 Å². The molecule has 0 fully saturated rings. The molecule has 0 aliphatic carbocycles. The molecule has 0 aliphatic heterocycles. The number of methoxy groups -OCH3 is 1. The van der Waals surface area contributed by atoms with E-state index in [-0.39, 0.29) is 17.3 Å². The van der Waals surface area contributed by atoms with E-state index < -0.39 is 5.97 Å². The summed E-state index contributed by atoms with van der Waals surface area (Å²) in [6, 6.07) is 2.91. The molecular formula is C10H9ClN2O4. The molecule has 6 nitrogen and oxygen atoms in total. The van der Waals surface area contributed by atoms with Gasteiger partial charge in [-0.3, -0.25) is 14.5 Å². The van der Waals surface area contributed by atoms with Gasteiger partial charge in [-0.25, -0.2) is 9.78 Å². The quantitative estimate of drug-likeness (QED) is 0.439. The summed E-state index contributed by atoms with van der Waals surface area (Å²) in [6.07, 6.45) is 0.744. The van der Waals surface area contributed by atoms with Crippen molar-refractivity contribution in [2.24, 2.45) is 0 Å². The number of hydrogen-bond donors (Lipinski definition) is 0. The molecule has 0 N–H and O–H groups in total. The molecule has 0 unspecified atom stereocenters. The summed E-state index contributed by atoms with van der Waals surface area (Å²) in [5, 5.41) is -0.0360. The molecule has 0 radical (unpaired) electrons. The van der Waals surface area contributed by atoms with Gasteiger partial charge >= 0.3 is 5.97 Å². The number of esters is 1. The molecule has 1 aromatic rings.